The molecule has 1 saturated carbocycles. The lowest BCUT2D eigenvalue weighted by Crippen LogP contribution is -2.52. The van der Waals surface area contributed by atoms with Gasteiger partial charge in [-0.2, -0.15) is 0 Å². The van der Waals surface area contributed by atoms with Gasteiger partial charge in [0.15, 0.2) is 0 Å². The SMILES string of the molecule is O[C@]12CCCC[C@H]1CN(Cc1ccc(Cl)c(F)c1)CC2. The number of benzene rings is 1. The molecule has 1 aliphatic heterocycles. The quantitative estimate of drug-likeness (QED) is 0.901. The van der Waals surface area contributed by atoms with Crippen molar-refractivity contribution in [2.75, 3.05) is 13.1 Å². The minimum absolute atomic E-state index is 0.175. The van der Waals surface area contributed by atoms with Crippen LogP contribution in [0.3, 0.4) is 0 Å². The number of nitrogens with zero attached hydrogens (tertiary/aromatic N) is 1. The highest BCUT2D eigenvalue weighted by Crippen LogP contribution is 2.40. The van der Waals surface area contributed by atoms with Crippen molar-refractivity contribution in [3.05, 3.63) is 34.6 Å². The van der Waals surface area contributed by atoms with Crippen LogP contribution in [-0.2, 0) is 6.54 Å². The number of halogens is 2. The molecule has 20 heavy (non-hydrogen) atoms. The Bertz CT molecular complexity index is 495. The number of aliphatic hydroxyl groups is 1. The van der Waals surface area contributed by atoms with E-state index in [1.54, 1.807) is 6.07 Å². The number of hydrogen-bond donors (Lipinski definition) is 1. The molecule has 1 heterocycles. The first-order valence-corrected chi connectivity index (χ1v) is 7.83. The monoisotopic (exact) mass is 297 g/mol. The van der Waals surface area contributed by atoms with Gasteiger partial charge in [-0.25, -0.2) is 4.39 Å². The third kappa shape index (κ3) is 2.85. The van der Waals surface area contributed by atoms with Crippen molar-refractivity contribution in [2.45, 2.75) is 44.2 Å². The lowest BCUT2D eigenvalue weighted by molar-refractivity contribution is -0.0968. The zero-order valence-electron chi connectivity index (χ0n) is 11.6. The van der Waals surface area contributed by atoms with Gasteiger partial charge in [0, 0.05) is 25.6 Å². The van der Waals surface area contributed by atoms with Gasteiger partial charge >= 0.3 is 0 Å². The Morgan fingerprint density at radius 3 is 3.00 bits per heavy atom. The van der Waals surface area contributed by atoms with Crippen LogP contribution in [0.15, 0.2) is 18.2 Å². The molecule has 0 spiro atoms. The molecule has 2 atom stereocenters. The first-order chi connectivity index (χ1) is 9.57. The van der Waals surface area contributed by atoms with Gasteiger partial charge in [-0.05, 0) is 37.0 Å². The van der Waals surface area contributed by atoms with Crippen LogP contribution in [0, 0.1) is 11.7 Å². The first-order valence-electron chi connectivity index (χ1n) is 7.45. The van der Waals surface area contributed by atoms with Crippen LogP contribution in [0.4, 0.5) is 4.39 Å². The van der Waals surface area contributed by atoms with Crippen LogP contribution in [0.2, 0.25) is 5.02 Å². The zero-order chi connectivity index (χ0) is 14.2. The zero-order valence-corrected chi connectivity index (χ0v) is 12.4. The van der Waals surface area contributed by atoms with E-state index in [1.165, 1.54) is 12.5 Å². The normalized spacial score (nSPS) is 31.1. The molecule has 3 rings (SSSR count). The summed E-state index contributed by atoms with van der Waals surface area (Å²) >= 11 is 5.71. The number of rotatable bonds is 2. The molecule has 2 fully saturated rings. The predicted octanol–water partition coefficient (Wildman–Crippen LogP) is 3.61. The Morgan fingerprint density at radius 2 is 2.20 bits per heavy atom. The Morgan fingerprint density at radius 1 is 1.35 bits per heavy atom. The summed E-state index contributed by atoms with van der Waals surface area (Å²) in [6, 6.07) is 5.02. The van der Waals surface area contributed by atoms with Crippen LogP contribution in [0.1, 0.15) is 37.7 Å². The third-order valence-corrected chi connectivity index (χ3v) is 5.21. The van der Waals surface area contributed by atoms with Crippen molar-refractivity contribution in [3.63, 3.8) is 0 Å². The van der Waals surface area contributed by atoms with E-state index in [2.05, 4.69) is 4.90 Å². The van der Waals surface area contributed by atoms with E-state index in [-0.39, 0.29) is 10.8 Å². The molecule has 0 bridgehead atoms. The summed E-state index contributed by atoms with van der Waals surface area (Å²) in [4.78, 5) is 2.33. The van der Waals surface area contributed by atoms with Gasteiger partial charge in [0.05, 0.1) is 10.6 Å². The summed E-state index contributed by atoms with van der Waals surface area (Å²) in [7, 11) is 0. The Labute approximate surface area is 124 Å². The Hall–Kier alpha value is -0.640. The van der Waals surface area contributed by atoms with Crippen molar-refractivity contribution in [2.24, 2.45) is 5.92 Å². The number of hydrogen-bond acceptors (Lipinski definition) is 2. The highest BCUT2D eigenvalue weighted by atomic mass is 35.5. The molecule has 110 valence electrons. The van der Waals surface area contributed by atoms with Gasteiger partial charge in [0.2, 0.25) is 0 Å². The molecule has 1 aliphatic carbocycles. The molecule has 2 nitrogen and oxygen atoms in total. The second kappa shape index (κ2) is 5.63. The lowest BCUT2D eigenvalue weighted by Gasteiger charge is -2.47. The van der Waals surface area contributed by atoms with E-state index in [0.717, 1.165) is 50.9 Å². The molecule has 1 aromatic carbocycles. The molecular formula is C16H21ClFNO. The molecule has 1 saturated heterocycles. The van der Waals surface area contributed by atoms with Gasteiger partial charge in [-0.3, -0.25) is 4.90 Å². The summed E-state index contributed by atoms with van der Waals surface area (Å²) in [5.41, 5.74) is 0.508. The highest BCUT2D eigenvalue weighted by molar-refractivity contribution is 6.30. The maximum absolute atomic E-state index is 13.5. The van der Waals surface area contributed by atoms with Crippen LogP contribution in [0.5, 0.6) is 0 Å². The topological polar surface area (TPSA) is 23.5 Å². The molecule has 2 aliphatic rings. The first kappa shape index (κ1) is 14.3. The van der Waals surface area contributed by atoms with E-state index in [0.29, 0.717) is 5.92 Å². The molecule has 0 unspecified atom stereocenters. The molecule has 0 amide bonds. The second-order valence-corrected chi connectivity index (χ2v) is 6.69. The maximum Gasteiger partial charge on any atom is 0.142 e. The fourth-order valence-corrected chi connectivity index (χ4v) is 3.80. The van der Waals surface area contributed by atoms with Gasteiger partial charge in [-0.15, -0.1) is 0 Å². The van der Waals surface area contributed by atoms with Crippen LogP contribution >= 0.6 is 11.6 Å². The summed E-state index contributed by atoms with van der Waals surface area (Å²) < 4.78 is 13.5. The number of likely N-dealkylation sites (tertiary alicyclic amines) is 1. The van der Waals surface area contributed by atoms with Crippen molar-refractivity contribution in [1.29, 1.82) is 0 Å². The van der Waals surface area contributed by atoms with E-state index < -0.39 is 5.60 Å². The van der Waals surface area contributed by atoms with Crippen molar-refractivity contribution in [3.8, 4) is 0 Å². The summed E-state index contributed by atoms with van der Waals surface area (Å²) in [5, 5.41) is 10.8. The fourth-order valence-electron chi connectivity index (χ4n) is 3.68. The van der Waals surface area contributed by atoms with Crippen LogP contribution in [-0.4, -0.2) is 28.7 Å². The van der Waals surface area contributed by atoms with E-state index in [9.17, 15) is 9.50 Å². The Balaban J connectivity index is 1.66. The van der Waals surface area contributed by atoms with E-state index >= 15 is 0 Å². The van der Waals surface area contributed by atoms with E-state index in [1.807, 2.05) is 6.07 Å². The molecule has 4 heteroatoms. The van der Waals surface area contributed by atoms with Crippen LogP contribution in [0.25, 0.3) is 0 Å². The van der Waals surface area contributed by atoms with Crippen molar-refractivity contribution >= 4 is 11.6 Å². The maximum atomic E-state index is 13.5. The van der Waals surface area contributed by atoms with Crippen molar-refractivity contribution in [1.82, 2.24) is 4.90 Å². The lowest BCUT2D eigenvalue weighted by atomic mass is 9.71. The minimum atomic E-state index is -0.444. The van der Waals surface area contributed by atoms with Gasteiger partial charge in [0.25, 0.3) is 0 Å². The van der Waals surface area contributed by atoms with Gasteiger partial charge in [0.1, 0.15) is 5.82 Å². The van der Waals surface area contributed by atoms with Gasteiger partial charge in [-0.1, -0.05) is 30.5 Å². The molecule has 1 N–H and O–H groups in total. The Kier molecular flexibility index (Phi) is 4.02. The largest absolute Gasteiger partial charge is 0.390 e. The summed E-state index contributed by atoms with van der Waals surface area (Å²) in [5.74, 6) is 0.0255. The number of piperidine rings is 1. The van der Waals surface area contributed by atoms with E-state index in [4.69, 9.17) is 11.6 Å². The number of fused-ring (bicyclic) bond motifs is 1. The smallest absolute Gasteiger partial charge is 0.142 e. The predicted molar refractivity (Wildman–Crippen MR) is 78.2 cm³/mol. The van der Waals surface area contributed by atoms with Gasteiger partial charge < -0.3 is 5.11 Å². The molecular weight excluding hydrogens is 277 g/mol. The molecule has 1 aromatic rings. The highest BCUT2D eigenvalue weighted by Gasteiger charge is 2.42. The average Bonchev–Trinajstić information content (AvgIpc) is 2.43. The standard InChI is InChI=1S/C16H21ClFNO/c17-14-5-4-12(9-15(14)18)10-19-8-7-16(20)6-2-1-3-13(16)11-19/h4-5,9,13,20H,1-3,6-8,10-11H2/t13-,16-/m0/s1. The fraction of sp³-hybridized carbons (Fsp3) is 0.625. The average molecular weight is 298 g/mol. The van der Waals surface area contributed by atoms with Crippen molar-refractivity contribution < 1.29 is 9.50 Å². The molecule has 0 aromatic heterocycles. The summed E-state index contributed by atoms with van der Waals surface area (Å²) in [6.07, 6.45) is 5.27. The second-order valence-electron chi connectivity index (χ2n) is 6.28. The van der Waals surface area contributed by atoms with Crippen LogP contribution < -0.4 is 0 Å². The minimum Gasteiger partial charge on any atom is -0.390 e. The summed E-state index contributed by atoms with van der Waals surface area (Å²) in [6.45, 7) is 2.54. The molecule has 0 radical (unpaired) electrons. The third-order valence-electron chi connectivity index (χ3n) is 4.90.